The second kappa shape index (κ2) is 30.9. The Kier molecular flexibility index (Phi) is 25.5. The molecule has 0 radical (unpaired) electrons. The SMILES string of the molecule is CCCCCCCCCCC(CCCCCCCC)CN1C(=O)/C(=C2\C(=O)N(CC(CCCCCCCC)CCCCCCCCCC)c3cc(B4OC(C)(C)C(C)(C)O4)ccc32)c2ccc(B3OC(C)(C)C(C)(C)O3)cc21. The molecule has 0 N–H and O–H groups in total. The van der Waals surface area contributed by atoms with Crippen molar-refractivity contribution in [3.63, 3.8) is 0 Å². The Morgan fingerprint density at radius 3 is 0.872 bits per heavy atom. The Bertz CT molecular complexity index is 2020. The minimum atomic E-state index is -0.576. The average Bonchev–Trinajstić information content (AvgIpc) is 4.09. The maximum atomic E-state index is 15.9. The largest absolute Gasteiger partial charge is 0.494 e. The van der Waals surface area contributed by atoms with Crippen molar-refractivity contribution in [2.75, 3.05) is 22.9 Å². The molecule has 0 aliphatic carbocycles. The highest BCUT2D eigenvalue weighted by Crippen LogP contribution is 2.48. The van der Waals surface area contributed by atoms with Gasteiger partial charge in [0.05, 0.1) is 44.9 Å². The number of hydrogen-bond acceptors (Lipinski definition) is 6. The lowest BCUT2D eigenvalue weighted by molar-refractivity contribution is -0.114. The minimum absolute atomic E-state index is 0.0614. The number of nitrogens with zero attached hydrogens (tertiary/aromatic N) is 2. The standard InChI is InChI=1S/C68H112B2N2O6/c1-13-17-21-25-29-31-35-39-43-53(41-37-33-27-23-19-15-3)51-71-59-49-55(69-75-65(5,6)66(7,8)76-69)45-47-57(59)61(63(71)73)62-58-48-46-56(70-77-67(9,10)68(11,12)78-70)50-60(58)72(64(62)74)52-54(42-38-34-28-24-20-16-4)44-40-36-32-30-26-22-18-14-2/h45-50,53-54H,13-44,51-52H2,1-12H3/b62-61-. The van der Waals surface area contributed by atoms with Crippen LogP contribution in [0.25, 0.3) is 11.1 Å². The second-order valence-corrected chi connectivity index (χ2v) is 26.7. The molecule has 4 aliphatic heterocycles. The second-order valence-electron chi connectivity index (χ2n) is 26.7. The van der Waals surface area contributed by atoms with Crippen LogP contribution in [-0.2, 0) is 28.2 Å². The minimum Gasteiger partial charge on any atom is -0.399 e. The predicted octanol–water partition coefficient (Wildman–Crippen LogP) is 17.7. The van der Waals surface area contributed by atoms with Gasteiger partial charge in [0.15, 0.2) is 0 Å². The van der Waals surface area contributed by atoms with E-state index in [1.165, 1.54) is 180 Å². The van der Waals surface area contributed by atoms with Crippen LogP contribution in [0, 0.1) is 11.8 Å². The van der Waals surface area contributed by atoms with Gasteiger partial charge in [-0.05, 0) is 116 Å². The molecule has 436 valence electrons. The van der Waals surface area contributed by atoms with E-state index in [0.717, 1.165) is 59.1 Å². The first-order valence-corrected chi connectivity index (χ1v) is 32.8. The number of hydrogen-bond donors (Lipinski definition) is 0. The van der Waals surface area contributed by atoms with E-state index < -0.39 is 36.6 Å². The van der Waals surface area contributed by atoms with Crippen molar-refractivity contribution in [3.8, 4) is 0 Å². The van der Waals surface area contributed by atoms with Crippen molar-refractivity contribution in [2.24, 2.45) is 11.8 Å². The van der Waals surface area contributed by atoms with E-state index in [4.69, 9.17) is 18.6 Å². The highest BCUT2D eigenvalue weighted by atomic mass is 16.7. The zero-order valence-corrected chi connectivity index (χ0v) is 52.2. The molecule has 0 saturated carbocycles. The Morgan fingerprint density at radius 1 is 0.372 bits per heavy atom. The molecule has 8 nitrogen and oxygen atoms in total. The van der Waals surface area contributed by atoms with Gasteiger partial charge in [-0.3, -0.25) is 9.59 Å². The number of unbranched alkanes of at least 4 members (excludes halogenated alkanes) is 24. The molecule has 6 rings (SSSR count). The maximum Gasteiger partial charge on any atom is 0.494 e. The van der Waals surface area contributed by atoms with Crippen molar-refractivity contribution in [1.29, 1.82) is 0 Å². The Morgan fingerprint density at radius 2 is 0.615 bits per heavy atom. The summed E-state index contributed by atoms with van der Waals surface area (Å²) >= 11 is 0. The van der Waals surface area contributed by atoms with Gasteiger partial charge in [-0.25, -0.2) is 0 Å². The van der Waals surface area contributed by atoms with E-state index in [1.54, 1.807) is 0 Å². The average molecular weight is 1080 g/mol. The molecular weight excluding hydrogens is 962 g/mol. The zero-order chi connectivity index (χ0) is 56.4. The van der Waals surface area contributed by atoms with Gasteiger partial charge in [0, 0.05) is 24.2 Å². The third-order valence-corrected chi connectivity index (χ3v) is 19.1. The van der Waals surface area contributed by atoms with Crippen LogP contribution in [0.3, 0.4) is 0 Å². The molecule has 2 unspecified atom stereocenters. The maximum absolute atomic E-state index is 15.9. The van der Waals surface area contributed by atoms with Gasteiger partial charge in [-0.15, -0.1) is 0 Å². The normalized spacial score (nSPS) is 19.9. The summed E-state index contributed by atoms with van der Waals surface area (Å²) in [5.74, 6) is 0.576. The number of carbonyl (C=O) groups is 2. The Labute approximate surface area is 478 Å². The van der Waals surface area contributed by atoms with Crippen LogP contribution in [0.15, 0.2) is 36.4 Å². The van der Waals surface area contributed by atoms with E-state index in [2.05, 4.69) is 129 Å². The van der Waals surface area contributed by atoms with Crippen LogP contribution in [0.5, 0.6) is 0 Å². The van der Waals surface area contributed by atoms with Crippen LogP contribution in [0.2, 0.25) is 0 Å². The molecular formula is C68H112B2N2O6. The van der Waals surface area contributed by atoms with Crippen LogP contribution in [0.4, 0.5) is 11.4 Å². The fourth-order valence-electron chi connectivity index (χ4n) is 12.5. The number of carbonyl (C=O) groups excluding carboxylic acids is 2. The summed E-state index contributed by atoms with van der Waals surface area (Å²) in [7, 11) is -1.15. The van der Waals surface area contributed by atoms with Gasteiger partial charge in [-0.2, -0.15) is 0 Å². The van der Waals surface area contributed by atoms with Gasteiger partial charge in [0.25, 0.3) is 11.8 Å². The number of anilines is 2. The molecule has 0 aromatic heterocycles. The van der Waals surface area contributed by atoms with Gasteiger partial charge < -0.3 is 28.4 Å². The molecule has 2 aromatic carbocycles. The molecule has 0 spiro atoms. The van der Waals surface area contributed by atoms with Gasteiger partial charge in [0.2, 0.25) is 0 Å². The molecule has 4 heterocycles. The zero-order valence-electron chi connectivity index (χ0n) is 52.2. The number of amides is 2. The fourth-order valence-corrected chi connectivity index (χ4v) is 12.5. The smallest absolute Gasteiger partial charge is 0.399 e. The Hall–Kier alpha value is -2.91. The van der Waals surface area contributed by atoms with E-state index in [1.807, 2.05) is 0 Å². The molecule has 2 atom stereocenters. The highest BCUT2D eigenvalue weighted by molar-refractivity contribution is 6.63. The predicted molar refractivity (Wildman–Crippen MR) is 333 cm³/mol. The lowest BCUT2D eigenvalue weighted by Gasteiger charge is -2.32. The monoisotopic (exact) mass is 1070 g/mol. The number of rotatable bonds is 38. The third kappa shape index (κ3) is 17.1. The third-order valence-electron chi connectivity index (χ3n) is 19.1. The molecule has 10 heteroatoms. The summed E-state index contributed by atoms with van der Waals surface area (Å²) in [5, 5.41) is 0. The summed E-state index contributed by atoms with van der Waals surface area (Å²) in [6.45, 7) is 27.2. The van der Waals surface area contributed by atoms with Crippen LogP contribution < -0.4 is 20.7 Å². The van der Waals surface area contributed by atoms with Gasteiger partial charge in [-0.1, -0.05) is 232 Å². The summed E-state index contributed by atoms with van der Waals surface area (Å²) in [4.78, 5) is 35.9. The molecule has 2 saturated heterocycles. The Balaban J connectivity index is 1.39. The fraction of sp³-hybridized carbons (Fsp3) is 0.765. The first-order valence-electron chi connectivity index (χ1n) is 32.8. The first-order chi connectivity index (χ1) is 37.4. The summed E-state index contributed by atoms with van der Waals surface area (Å²) < 4.78 is 26.7. The summed E-state index contributed by atoms with van der Waals surface area (Å²) in [6.07, 6.45) is 39.9. The van der Waals surface area contributed by atoms with E-state index in [9.17, 15) is 0 Å². The van der Waals surface area contributed by atoms with Gasteiger partial charge >= 0.3 is 14.2 Å². The van der Waals surface area contributed by atoms with Crippen molar-refractivity contribution in [3.05, 3.63) is 47.5 Å². The molecule has 2 aromatic rings. The van der Waals surface area contributed by atoms with Gasteiger partial charge in [0.1, 0.15) is 0 Å². The van der Waals surface area contributed by atoms with Crippen molar-refractivity contribution >= 4 is 59.5 Å². The highest BCUT2D eigenvalue weighted by Gasteiger charge is 2.54. The lowest BCUT2D eigenvalue weighted by atomic mass is 9.77. The molecule has 2 amide bonds. The van der Waals surface area contributed by atoms with Crippen LogP contribution in [0.1, 0.15) is 300 Å². The number of benzene rings is 2. The van der Waals surface area contributed by atoms with Crippen molar-refractivity contribution < 1.29 is 28.2 Å². The summed E-state index contributed by atoms with van der Waals surface area (Å²) in [5.41, 5.74) is 4.22. The van der Waals surface area contributed by atoms with Crippen molar-refractivity contribution in [2.45, 2.75) is 311 Å². The van der Waals surface area contributed by atoms with E-state index in [0.29, 0.717) is 36.1 Å². The topological polar surface area (TPSA) is 77.5 Å². The summed E-state index contributed by atoms with van der Waals surface area (Å²) in [6, 6.07) is 12.6. The molecule has 4 aliphatic rings. The number of fused-ring (bicyclic) bond motifs is 2. The lowest BCUT2D eigenvalue weighted by Crippen LogP contribution is -2.41. The van der Waals surface area contributed by atoms with Crippen LogP contribution >= 0.6 is 0 Å². The first kappa shape index (κ1) is 64.3. The van der Waals surface area contributed by atoms with Crippen molar-refractivity contribution in [1.82, 2.24) is 0 Å². The van der Waals surface area contributed by atoms with E-state index >= 15 is 9.59 Å². The quantitative estimate of drug-likeness (QED) is 0.0379. The molecule has 0 bridgehead atoms. The molecule has 2 fully saturated rings. The van der Waals surface area contributed by atoms with Crippen LogP contribution in [-0.4, -0.2) is 61.5 Å². The molecule has 78 heavy (non-hydrogen) atoms. The van der Waals surface area contributed by atoms with E-state index in [-0.39, 0.29) is 11.8 Å².